The third kappa shape index (κ3) is 6.87. The van der Waals surface area contributed by atoms with Gasteiger partial charge in [0.2, 0.25) is 0 Å². The van der Waals surface area contributed by atoms with Crippen LogP contribution in [0.2, 0.25) is 0 Å². The largest absolute Gasteiger partial charge is 0.378 e. The molecule has 0 aromatic heterocycles. The van der Waals surface area contributed by atoms with Crippen LogP contribution in [0.25, 0.3) is 11.6 Å². The van der Waals surface area contributed by atoms with Gasteiger partial charge in [0.15, 0.2) is 5.71 Å². The van der Waals surface area contributed by atoms with E-state index in [1.807, 2.05) is 11.8 Å². The first-order valence-electron chi connectivity index (χ1n) is 12.1. The monoisotopic (exact) mass is 489 g/mol. The fourth-order valence-corrected chi connectivity index (χ4v) is 4.84. The summed E-state index contributed by atoms with van der Waals surface area (Å²) in [7, 11) is 8.23. The molecule has 4 rings (SSSR count). The molecule has 2 nitrogen and oxygen atoms in total. The molecular weight excluding hydrogens is 456 g/mol. The molecule has 0 amide bonds. The number of nitrogens with zero attached hydrogens (tertiary/aromatic N) is 2. The van der Waals surface area contributed by atoms with Gasteiger partial charge in [-0.25, -0.2) is 4.58 Å². The van der Waals surface area contributed by atoms with Crippen molar-refractivity contribution in [1.29, 1.82) is 0 Å². The Hall–Kier alpha value is -3.82. The molecule has 0 unspecified atom stereocenters. The third-order valence-electron chi connectivity index (χ3n) is 5.88. The lowest BCUT2D eigenvalue weighted by Crippen LogP contribution is -2.09. The zero-order valence-corrected chi connectivity index (χ0v) is 22.2. The topological polar surface area (TPSA) is 6.25 Å². The Balaban J connectivity index is 1.47. The van der Waals surface area contributed by atoms with Gasteiger partial charge in [-0.05, 0) is 64.8 Å². The van der Waals surface area contributed by atoms with Crippen LogP contribution in [0.3, 0.4) is 0 Å². The summed E-state index contributed by atoms with van der Waals surface area (Å²) in [5.74, 6) is 0. The van der Waals surface area contributed by atoms with E-state index in [1.165, 1.54) is 43.5 Å². The van der Waals surface area contributed by atoms with Gasteiger partial charge < -0.3 is 4.90 Å². The van der Waals surface area contributed by atoms with Gasteiger partial charge in [0.1, 0.15) is 14.1 Å². The molecule has 36 heavy (non-hydrogen) atoms. The predicted molar refractivity (Wildman–Crippen MR) is 160 cm³/mol. The summed E-state index contributed by atoms with van der Waals surface area (Å²) >= 11 is 1.81. The van der Waals surface area contributed by atoms with Crippen molar-refractivity contribution in [2.75, 3.05) is 33.1 Å². The first-order chi connectivity index (χ1) is 17.5. The van der Waals surface area contributed by atoms with Crippen molar-refractivity contribution in [3.05, 3.63) is 143 Å². The second-order valence-electron chi connectivity index (χ2n) is 9.01. The van der Waals surface area contributed by atoms with Gasteiger partial charge in [-0.15, -0.1) is 0 Å². The van der Waals surface area contributed by atoms with Crippen molar-refractivity contribution >= 4 is 34.8 Å². The molecule has 0 fully saturated rings. The second-order valence-corrected chi connectivity index (χ2v) is 10.1. The summed E-state index contributed by atoms with van der Waals surface area (Å²) in [4.78, 5) is 4.62. The van der Waals surface area contributed by atoms with Crippen LogP contribution in [0, 0.1) is 0 Å². The molecular formula is C33H33N2S+. The Bertz CT molecular complexity index is 1350. The lowest BCUT2D eigenvalue weighted by Gasteiger charge is -2.16. The molecule has 2 aliphatic rings. The molecule has 3 heteroatoms. The number of hydrogen-bond acceptors (Lipinski definition) is 2. The standard InChI is InChI=1S/C33H33N2S/c1-34(2)29-21-17-26(18-22-29)11-5-7-13-28-25-31(36-33-16-10-9-15-32(28)33)14-8-6-12-27-19-23-30(24-20-27)35(3)4/h5-25H,1-4H3/q+1. The number of hydrogen-bond donors (Lipinski definition) is 0. The van der Waals surface area contributed by atoms with E-state index in [1.54, 1.807) is 0 Å². The lowest BCUT2D eigenvalue weighted by molar-refractivity contribution is -0.462. The van der Waals surface area contributed by atoms with Gasteiger partial charge in [-0.2, -0.15) is 0 Å². The highest BCUT2D eigenvalue weighted by molar-refractivity contribution is 8.03. The molecule has 2 aromatic carbocycles. The molecule has 0 spiro atoms. The van der Waals surface area contributed by atoms with Crippen LogP contribution in [-0.4, -0.2) is 38.5 Å². The molecule has 1 aliphatic heterocycles. The highest BCUT2D eigenvalue weighted by atomic mass is 32.2. The number of allylic oxidation sites excluding steroid dienone is 14. The first-order valence-corrected chi connectivity index (χ1v) is 12.9. The minimum atomic E-state index is 1.19. The second kappa shape index (κ2) is 12.2. The Labute approximate surface area is 220 Å². The Morgan fingerprint density at radius 2 is 1.44 bits per heavy atom. The van der Waals surface area contributed by atoms with Crippen molar-refractivity contribution in [2.45, 2.75) is 4.90 Å². The van der Waals surface area contributed by atoms with E-state index in [0.717, 1.165) is 0 Å². The molecule has 0 atom stereocenters. The quantitative estimate of drug-likeness (QED) is 0.303. The molecule has 2 aromatic rings. The summed E-state index contributed by atoms with van der Waals surface area (Å²) in [6.07, 6.45) is 27.9. The molecule has 1 heterocycles. The van der Waals surface area contributed by atoms with E-state index in [4.69, 9.17) is 0 Å². The van der Waals surface area contributed by atoms with Crippen LogP contribution in [0.1, 0.15) is 11.1 Å². The highest BCUT2D eigenvalue weighted by Gasteiger charge is 2.13. The van der Waals surface area contributed by atoms with E-state index in [2.05, 4.69) is 165 Å². The fourth-order valence-electron chi connectivity index (χ4n) is 3.81. The molecule has 0 bridgehead atoms. The fraction of sp³-hybridized carbons (Fsp3) is 0.121. The first kappa shape index (κ1) is 25.3. The maximum absolute atomic E-state index is 2.26. The number of thioether (sulfide) groups is 1. The lowest BCUT2D eigenvalue weighted by atomic mass is 10.0. The maximum atomic E-state index is 2.26. The Morgan fingerprint density at radius 3 is 2.17 bits per heavy atom. The van der Waals surface area contributed by atoms with E-state index in [9.17, 15) is 0 Å². The van der Waals surface area contributed by atoms with Crippen LogP contribution in [0.4, 0.5) is 5.69 Å². The number of fused-ring (bicyclic) bond motifs is 1. The molecule has 1 aliphatic carbocycles. The van der Waals surface area contributed by atoms with Gasteiger partial charge in [-0.1, -0.05) is 84.6 Å². The van der Waals surface area contributed by atoms with Gasteiger partial charge in [-0.3, -0.25) is 0 Å². The normalized spacial score (nSPS) is 16.3. The van der Waals surface area contributed by atoms with Crippen molar-refractivity contribution < 1.29 is 4.58 Å². The molecule has 180 valence electrons. The molecule has 0 saturated carbocycles. The average Bonchev–Trinajstić information content (AvgIpc) is 2.89. The molecule has 0 N–H and O–H groups in total. The summed E-state index contributed by atoms with van der Waals surface area (Å²) in [6.45, 7) is 0. The van der Waals surface area contributed by atoms with Crippen molar-refractivity contribution in [1.82, 2.24) is 0 Å². The average molecular weight is 490 g/mol. The Kier molecular flexibility index (Phi) is 8.59. The molecule has 0 saturated heterocycles. The Morgan fingerprint density at radius 1 is 0.750 bits per heavy atom. The van der Waals surface area contributed by atoms with E-state index < -0.39 is 0 Å². The maximum Gasteiger partial charge on any atom is 0.199 e. The predicted octanol–water partition coefficient (Wildman–Crippen LogP) is 7.72. The van der Waals surface area contributed by atoms with Crippen LogP contribution >= 0.6 is 11.8 Å². The summed E-state index contributed by atoms with van der Waals surface area (Å²) in [5.41, 5.74) is 7.29. The van der Waals surface area contributed by atoms with Gasteiger partial charge in [0, 0.05) is 41.7 Å². The smallest absolute Gasteiger partial charge is 0.199 e. The minimum absolute atomic E-state index is 1.19. The summed E-state index contributed by atoms with van der Waals surface area (Å²) < 4.78 is 2.11. The number of anilines is 1. The SMILES string of the molecule is CN(C)c1ccc(/C=C/C=C\C2=CC(=C\C=C/C=C3C=CC(=[N+](C)C)C=C3)/Sc3ccccc32)cc1. The zero-order valence-electron chi connectivity index (χ0n) is 21.4. The van der Waals surface area contributed by atoms with Crippen LogP contribution in [-0.2, 0) is 0 Å². The van der Waals surface area contributed by atoms with Gasteiger partial charge in [0.05, 0.1) is 0 Å². The van der Waals surface area contributed by atoms with Crippen LogP contribution < -0.4 is 4.90 Å². The van der Waals surface area contributed by atoms with Gasteiger partial charge >= 0.3 is 0 Å². The summed E-state index contributed by atoms with van der Waals surface area (Å²) in [5, 5.41) is 0. The van der Waals surface area contributed by atoms with Gasteiger partial charge in [0.25, 0.3) is 0 Å². The minimum Gasteiger partial charge on any atom is -0.378 e. The molecule has 0 radical (unpaired) electrons. The van der Waals surface area contributed by atoms with E-state index in [0.29, 0.717) is 0 Å². The highest BCUT2D eigenvalue weighted by Crippen LogP contribution is 2.40. The van der Waals surface area contributed by atoms with Crippen LogP contribution in [0.5, 0.6) is 0 Å². The third-order valence-corrected chi connectivity index (χ3v) is 6.94. The zero-order chi connectivity index (χ0) is 25.3. The van der Waals surface area contributed by atoms with E-state index in [-0.39, 0.29) is 0 Å². The van der Waals surface area contributed by atoms with Crippen molar-refractivity contribution in [3.63, 3.8) is 0 Å². The number of benzene rings is 2. The van der Waals surface area contributed by atoms with Crippen molar-refractivity contribution in [3.8, 4) is 0 Å². The summed E-state index contributed by atoms with van der Waals surface area (Å²) in [6, 6.07) is 17.2. The van der Waals surface area contributed by atoms with Crippen LogP contribution in [0.15, 0.2) is 137 Å². The van der Waals surface area contributed by atoms with E-state index >= 15 is 0 Å². The van der Waals surface area contributed by atoms with Crippen molar-refractivity contribution in [2.24, 2.45) is 0 Å². The number of rotatable bonds is 6.